The topological polar surface area (TPSA) is 108 Å². The van der Waals surface area contributed by atoms with Gasteiger partial charge in [-0.25, -0.2) is 4.79 Å². The number of ether oxygens (including phenoxy) is 1. The van der Waals surface area contributed by atoms with Crippen LogP contribution in [0.2, 0.25) is 0 Å². The van der Waals surface area contributed by atoms with E-state index in [1.54, 1.807) is 39.0 Å². The molecule has 0 aromatic heterocycles. The summed E-state index contributed by atoms with van der Waals surface area (Å²) in [4.78, 5) is 41.6. The van der Waals surface area contributed by atoms with E-state index in [0.717, 1.165) is 32.1 Å². The molecule has 8 nitrogen and oxygen atoms in total. The number of hydrogen-bond donors (Lipinski definition) is 3. The second-order valence-electron chi connectivity index (χ2n) is 10.9. The van der Waals surface area contributed by atoms with Gasteiger partial charge in [0.2, 0.25) is 11.8 Å². The molecule has 1 aromatic rings. The van der Waals surface area contributed by atoms with Crippen molar-refractivity contribution in [3.05, 3.63) is 42.5 Å². The Hall–Kier alpha value is -3.03. The molecule has 36 heavy (non-hydrogen) atoms. The lowest BCUT2D eigenvalue weighted by molar-refractivity contribution is -0.142. The average molecular weight is 502 g/mol. The van der Waals surface area contributed by atoms with Crippen LogP contribution in [0.3, 0.4) is 0 Å². The first-order chi connectivity index (χ1) is 16.9. The maximum atomic E-state index is 13.9. The molecule has 200 valence electrons. The molecule has 0 saturated heterocycles. The third kappa shape index (κ3) is 9.21. The first-order valence-electron chi connectivity index (χ1n) is 12.9. The smallest absolute Gasteiger partial charge is 0.408 e. The Labute approximate surface area is 215 Å². The summed E-state index contributed by atoms with van der Waals surface area (Å²) in [6.07, 6.45) is 6.33. The van der Waals surface area contributed by atoms with Crippen LogP contribution in [0.4, 0.5) is 4.79 Å². The minimum atomic E-state index is -0.951. The van der Waals surface area contributed by atoms with Gasteiger partial charge in [0.1, 0.15) is 23.4 Å². The van der Waals surface area contributed by atoms with Crippen LogP contribution in [0.25, 0.3) is 0 Å². The molecular formula is C28H43N3O5. The van der Waals surface area contributed by atoms with Gasteiger partial charge >= 0.3 is 6.09 Å². The number of rotatable bonds is 10. The van der Waals surface area contributed by atoms with Gasteiger partial charge in [0, 0.05) is 12.6 Å². The van der Waals surface area contributed by atoms with Crippen molar-refractivity contribution in [3.63, 3.8) is 0 Å². The van der Waals surface area contributed by atoms with Crippen LogP contribution in [0.1, 0.15) is 84.7 Å². The number of benzene rings is 1. The van der Waals surface area contributed by atoms with Gasteiger partial charge in [-0.2, -0.15) is 0 Å². The van der Waals surface area contributed by atoms with Crippen molar-refractivity contribution in [2.75, 3.05) is 6.54 Å². The van der Waals surface area contributed by atoms with Crippen LogP contribution < -0.4 is 10.6 Å². The number of amides is 3. The molecule has 2 atom stereocenters. The van der Waals surface area contributed by atoms with Crippen LogP contribution >= 0.6 is 0 Å². The molecular weight excluding hydrogens is 458 g/mol. The average Bonchev–Trinajstić information content (AvgIpc) is 2.78. The molecule has 1 aliphatic rings. The van der Waals surface area contributed by atoms with Crippen LogP contribution in [-0.4, -0.2) is 52.1 Å². The number of carbonyl (C=O) groups is 3. The third-order valence-electron chi connectivity index (χ3n) is 6.03. The number of phenolic OH excluding ortho intramolecular Hbond substituents is 1. The maximum Gasteiger partial charge on any atom is 0.408 e. The van der Waals surface area contributed by atoms with Crippen molar-refractivity contribution >= 4 is 17.9 Å². The van der Waals surface area contributed by atoms with Crippen molar-refractivity contribution in [1.82, 2.24) is 15.5 Å². The number of phenols is 1. The second kappa shape index (κ2) is 13.3. The monoisotopic (exact) mass is 501 g/mol. The predicted octanol–water partition coefficient (Wildman–Crippen LogP) is 4.84. The third-order valence-corrected chi connectivity index (χ3v) is 6.03. The standard InChI is InChI=1S/C28H43N3O5/c1-7-17-31(26(34)23(18-19(2)3)30-27(35)36-28(4,5)6)24(20-13-15-22(32)16-14-20)25(33)29-21-11-9-8-10-12-21/h7,13-16,19,21,23-24,32H,1,8-12,17-18H2,2-6H3,(H,29,33)(H,30,35). The van der Waals surface area contributed by atoms with E-state index >= 15 is 0 Å². The summed E-state index contributed by atoms with van der Waals surface area (Å²) in [6.45, 7) is 13.1. The van der Waals surface area contributed by atoms with E-state index in [1.807, 2.05) is 13.8 Å². The van der Waals surface area contributed by atoms with Gasteiger partial charge in [0.25, 0.3) is 0 Å². The number of nitrogens with zero attached hydrogens (tertiary/aromatic N) is 1. The number of carbonyl (C=O) groups excluding carboxylic acids is 3. The lowest BCUT2D eigenvalue weighted by Gasteiger charge is -2.35. The molecule has 1 aliphatic carbocycles. The van der Waals surface area contributed by atoms with Crippen LogP contribution in [0, 0.1) is 5.92 Å². The van der Waals surface area contributed by atoms with Crippen LogP contribution in [0.15, 0.2) is 36.9 Å². The largest absolute Gasteiger partial charge is 0.508 e. The summed E-state index contributed by atoms with van der Waals surface area (Å²) in [5, 5.41) is 15.7. The Morgan fingerprint density at radius 2 is 1.75 bits per heavy atom. The van der Waals surface area contributed by atoms with Crippen molar-refractivity contribution in [2.45, 2.75) is 96.9 Å². The summed E-state index contributed by atoms with van der Waals surface area (Å²) in [5.41, 5.74) is -0.151. The first-order valence-corrected chi connectivity index (χ1v) is 12.9. The lowest BCUT2D eigenvalue weighted by Crippen LogP contribution is -2.54. The zero-order valence-corrected chi connectivity index (χ0v) is 22.4. The van der Waals surface area contributed by atoms with Gasteiger partial charge in [-0.3, -0.25) is 9.59 Å². The highest BCUT2D eigenvalue weighted by molar-refractivity contribution is 5.92. The molecule has 2 rings (SSSR count). The number of alkyl carbamates (subject to hydrolysis) is 1. The SMILES string of the molecule is C=CCN(C(=O)C(CC(C)C)NC(=O)OC(C)(C)C)C(C(=O)NC1CCCCC1)c1ccc(O)cc1. The van der Waals surface area contributed by atoms with Crippen LogP contribution in [0.5, 0.6) is 5.75 Å². The highest BCUT2D eigenvalue weighted by Crippen LogP contribution is 2.27. The highest BCUT2D eigenvalue weighted by atomic mass is 16.6. The zero-order chi connectivity index (χ0) is 26.9. The van der Waals surface area contributed by atoms with Crippen molar-refractivity contribution < 1.29 is 24.2 Å². The molecule has 0 bridgehead atoms. The van der Waals surface area contributed by atoms with Crippen molar-refractivity contribution in [3.8, 4) is 5.75 Å². The van der Waals surface area contributed by atoms with Gasteiger partial charge in [-0.05, 0) is 63.6 Å². The highest BCUT2D eigenvalue weighted by Gasteiger charge is 2.36. The van der Waals surface area contributed by atoms with Gasteiger partial charge in [-0.1, -0.05) is 51.3 Å². The maximum absolute atomic E-state index is 13.9. The normalized spacial score (nSPS) is 16.1. The van der Waals surface area contributed by atoms with Crippen LogP contribution in [-0.2, 0) is 14.3 Å². The Morgan fingerprint density at radius 1 is 1.14 bits per heavy atom. The summed E-state index contributed by atoms with van der Waals surface area (Å²) in [7, 11) is 0. The Balaban J connectivity index is 2.41. The molecule has 3 N–H and O–H groups in total. The first kappa shape index (κ1) is 29.2. The second-order valence-corrected chi connectivity index (χ2v) is 10.9. The molecule has 1 fully saturated rings. The quantitative estimate of drug-likeness (QED) is 0.398. The molecule has 0 spiro atoms. The summed E-state index contributed by atoms with van der Waals surface area (Å²) in [5.74, 6) is -0.520. The Bertz CT molecular complexity index is 885. The van der Waals surface area contributed by atoms with E-state index in [1.165, 1.54) is 17.0 Å². The number of hydrogen-bond acceptors (Lipinski definition) is 5. The van der Waals surface area contributed by atoms with Gasteiger partial charge in [0.05, 0.1) is 0 Å². The lowest BCUT2D eigenvalue weighted by atomic mass is 9.94. The fourth-order valence-corrected chi connectivity index (χ4v) is 4.46. The number of aromatic hydroxyl groups is 1. The summed E-state index contributed by atoms with van der Waals surface area (Å²) in [6, 6.07) is 4.49. The van der Waals surface area contributed by atoms with Gasteiger partial charge in [0.15, 0.2) is 0 Å². The zero-order valence-electron chi connectivity index (χ0n) is 22.4. The molecule has 3 amide bonds. The fraction of sp³-hybridized carbons (Fsp3) is 0.607. The molecule has 0 radical (unpaired) electrons. The molecule has 0 heterocycles. The minimum Gasteiger partial charge on any atom is -0.508 e. The molecule has 1 aromatic carbocycles. The van der Waals surface area contributed by atoms with E-state index in [0.29, 0.717) is 12.0 Å². The summed E-state index contributed by atoms with van der Waals surface area (Å²) < 4.78 is 5.40. The molecule has 2 unspecified atom stereocenters. The van der Waals surface area contributed by atoms with Gasteiger partial charge in [-0.15, -0.1) is 6.58 Å². The molecule has 1 saturated carbocycles. The van der Waals surface area contributed by atoms with E-state index < -0.39 is 29.7 Å². The number of nitrogens with one attached hydrogen (secondary N) is 2. The Kier molecular flexibility index (Phi) is 10.8. The molecule has 8 heteroatoms. The van der Waals surface area contributed by atoms with E-state index in [9.17, 15) is 19.5 Å². The predicted molar refractivity (Wildman–Crippen MR) is 140 cm³/mol. The van der Waals surface area contributed by atoms with Crippen molar-refractivity contribution in [1.29, 1.82) is 0 Å². The van der Waals surface area contributed by atoms with E-state index in [-0.39, 0.29) is 30.2 Å². The molecule has 0 aliphatic heterocycles. The van der Waals surface area contributed by atoms with E-state index in [4.69, 9.17) is 4.74 Å². The van der Waals surface area contributed by atoms with Crippen molar-refractivity contribution in [2.24, 2.45) is 5.92 Å². The Morgan fingerprint density at radius 3 is 2.28 bits per heavy atom. The van der Waals surface area contributed by atoms with Gasteiger partial charge < -0.3 is 25.4 Å². The fourth-order valence-electron chi connectivity index (χ4n) is 4.46. The minimum absolute atomic E-state index is 0.0536. The van der Waals surface area contributed by atoms with E-state index in [2.05, 4.69) is 17.2 Å². The summed E-state index contributed by atoms with van der Waals surface area (Å²) >= 11 is 0.